The number of ether oxygens (including phenoxy) is 2. The summed E-state index contributed by atoms with van der Waals surface area (Å²) in [5, 5.41) is 0. The molecule has 1 atom stereocenters. The zero-order valence-electron chi connectivity index (χ0n) is 11.5. The van der Waals surface area contributed by atoms with E-state index in [9.17, 15) is 9.59 Å². The van der Waals surface area contributed by atoms with Gasteiger partial charge in [0.1, 0.15) is 18.4 Å². The minimum atomic E-state index is -0.573. The van der Waals surface area contributed by atoms with Crippen molar-refractivity contribution in [2.45, 2.75) is 32.4 Å². The third-order valence-electron chi connectivity index (χ3n) is 2.86. The van der Waals surface area contributed by atoms with Gasteiger partial charge in [-0.3, -0.25) is 9.69 Å². The van der Waals surface area contributed by atoms with Gasteiger partial charge in [-0.15, -0.1) is 11.8 Å². The Labute approximate surface area is 117 Å². The lowest BCUT2D eigenvalue weighted by atomic mass is 10.2. The van der Waals surface area contributed by atoms with E-state index in [1.807, 2.05) is 0 Å². The van der Waals surface area contributed by atoms with Crippen LogP contribution in [0.25, 0.3) is 0 Å². The molecule has 6 nitrogen and oxygen atoms in total. The molecule has 2 amide bonds. The van der Waals surface area contributed by atoms with E-state index in [4.69, 9.17) is 9.47 Å². The van der Waals surface area contributed by atoms with Crippen molar-refractivity contribution in [3.8, 4) is 0 Å². The number of amides is 2. The molecule has 2 heterocycles. The first-order valence-corrected chi connectivity index (χ1v) is 7.48. The Morgan fingerprint density at radius 3 is 2.68 bits per heavy atom. The Morgan fingerprint density at radius 1 is 1.37 bits per heavy atom. The number of nitrogens with zero attached hydrogens (tertiary/aromatic N) is 2. The molecule has 0 aliphatic carbocycles. The zero-order chi connectivity index (χ0) is 14.0. The summed E-state index contributed by atoms with van der Waals surface area (Å²) in [5.74, 6) is 1.59. The lowest BCUT2D eigenvalue weighted by Gasteiger charge is -2.28. The zero-order valence-corrected chi connectivity index (χ0v) is 12.4. The van der Waals surface area contributed by atoms with Crippen molar-refractivity contribution >= 4 is 23.8 Å². The topological polar surface area (TPSA) is 59.1 Å². The highest BCUT2D eigenvalue weighted by atomic mass is 32.2. The molecule has 0 aromatic heterocycles. The van der Waals surface area contributed by atoms with Gasteiger partial charge in [0.25, 0.3) is 0 Å². The maximum Gasteiger partial charge on any atom is 0.412 e. The van der Waals surface area contributed by atoms with Gasteiger partial charge >= 0.3 is 6.09 Å². The fourth-order valence-corrected chi connectivity index (χ4v) is 2.90. The van der Waals surface area contributed by atoms with Crippen LogP contribution in [-0.2, 0) is 14.3 Å². The Hall–Kier alpha value is -0.950. The van der Waals surface area contributed by atoms with Crippen LogP contribution < -0.4 is 0 Å². The van der Waals surface area contributed by atoms with Crippen LogP contribution in [0.15, 0.2) is 0 Å². The Bertz CT molecular complexity index is 363. The molecule has 0 radical (unpaired) electrons. The van der Waals surface area contributed by atoms with E-state index in [2.05, 4.69) is 0 Å². The van der Waals surface area contributed by atoms with E-state index in [-0.39, 0.29) is 19.2 Å². The van der Waals surface area contributed by atoms with Crippen LogP contribution in [0, 0.1) is 0 Å². The summed E-state index contributed by atoms with van der Waals surface area (Å²) in [6, 6.07) is -0.548. The molecule has 2 rings (SSSR count). The van der Waals surface area contributed by atoms with Crippen LogP contribution in [0.3, 0.4) is 0 Å². The third-order valence-corrected chi connectivity index (χ3v) is 3.83. The first kappa shape index (κ1) is 14.5. The maximum absolute atomic E-state index is 12.3. The summed E-state index contributed by atoms with van der Waals surface area (Å²) >= 11 is 1.72. The summed E-state index contributed by atoms with van der Waals surface area (Å²) in [5.41, 5.74) is -0.573. The fourth-order valence-electron chi connectivity index (χ4n) is 1.95. The van der Waals surface area contributed by atoms with Crippen molar-refractivity contribution in [1.82, 2.24) is 9.80 Å². The van der Waals surface area contributed by atoms with E-state index in [1.54, 1.807) is 37.4 Å². The van der Waals surface area contributed by atoms with E-state index in [0.29, 0.717) is 5.88 Å². The summed E-state index contributed by atoms with van der Waals surface area (Å²) < 4.78 is 10.6. The van der Waals surface area contributed by atoms with Crippen molar-refractivity contribution in [2.24, 2.45) is 0 Å². The molecule has 19 heavy (non-hydrogen) atoms. The highest BCUT2D eigenvalue weighted by molar-refractivity contribution is 7.99. The minimum absolute atomic E-state index is 0.0478. The van der Waals surface area contributed by atoms with Crippen molar-refractivity contribution in [1.29, 1.82) is 0 Å². The first-order valence-electron chi connectivity index (χ1n) is 6.32. The van der Waals surface area contributed by atoms with Gasteiger partial charge in [-0.2, -0.15) is 0 Å². The molecule has 0 N–H and O–H groups in total. The molecule has 0 unspecified atom stereocenters. The van der Waals surface area contributed by atoms with E-state index in [1.165, 1.54) is 4.90 Å². The molecule has 0 bridgehead atoms. The highest BCUT2D eigenvalue weighted by Gasteiger charge is 2.40. The van der Waals surface area contributed by atoms with E-state index in [0.717, 1.165) is 12.3 Å². The van der Waals surface area contributed by atoms with Crippen LogP contribution >= 0.6 is 11.8 Å². The van der Waals surface area contributed by atoms with Crippen molar-refractivity contribution in [3.63, 3.8) is 0 Å². The van der Waals surface area contributed by atoms with Gasteiger partial charge in [-0.05, 0) is 20.8 Å². The molecule has 0 aromatic carbocycles. The molecule has 0 spiro atoms. The lowest BCUT2D eigenvalue weighted by Crippen LogP contribution is -2.49. The Kier molecular flexibility index (Phi) is 4.25. The second-order valence-corrected chi connectivity index (χ2v) is 6.68. The number of carbonyl (C=O) groups is 2. The van der Waals surface area contributed by atoms with E-state index >= 15 is 0 Å². The van der Waals surface area contributed by atoms with Gasteiger partial charge < -0.3 is 14.4 Å². The monoisotopic (exact) mass is 288 g/mol. The van der Waals surface area contributed by atoms with Crippen molar-refractivity contribution in [3.05, 3.63) is 0 Å². The second-order valence-electron chi connectivity index (χ2n) is 5.60. The predicted molar refractivity (Wildman–Crippen MR) is 71.7 cm³/mol. The van der Waals surface area contributed by atoms with Crippen LogP contribution in [0.4, 0.5) is 4.79 Å². The number of carbonyl (C=O) groups excluding carboxylic acids is 2. The third kappa shape index (κ3) is 3.54. The van der Waals surface area contributed by atoms with E-state index < -0.39 is 17.7 Å². The standard InChI is InChI=1S/C12H20N2O4S/c1-12(2,3)18-11(16)14-7-17-6-9(14)10(15)13-4-5-19-8-13/h9H,4-8H2,1-3H3/t9-/m0/s1. The molecule has 0 saturated carbocycles. The SMILES string of the molecule is CC(C)(C)OC(=O)N1COC[C@H]1C(=O)N1CCSC1. The first-order chi connectivity index (χ1) is 8.88. The van der Waals surface area contributed by atoms with Crippen LogP contribution in [0.1, 0.15) is 20.8 Å². The second kappa shape index (κ2) is 5.58. The maximum atomic E-state index is 12.3. The quantitative estimate of drug-likeness (QED) is 0.723. The normalized spacial score (nSPS) is 23.8. The van der Waals surface area contributed by atoms with Gasteiger partial charge in [0, 0.05) is 12.3 Å². The summed E-state index contributed by atoms with van der Waals surface area (Å²) in [6.45, 7) is 6.51. The van der Waals surface area contributed by atoms with Crippen LogP contribution in [0.5, 0.6) is 0 Å². The number of rotatable bonds is 1. The minimum Gasteiger partial charge on any atom is -0.444 e. The Balaban J connectivity index is 2.00. The molecule has 2 saturated heterocycles. The number of hydrogen-bond acceptors (Lipinski definition) is 5. The molecule has 0 aromatic rings. The Morgan fingerprint density at radius 2 is 2.11 bits per heavy atom. The van der Waals surface area contributed by atoms with Crippen LogP contribution in [0.2, 0.25) is 0 Å². The number of thioether (sulfide) groups is 1. The summed E-state index contributed by atoms with van der Waals surface area (Å²) in [7, 11) is 0. The van der Waals surface area contributed by atoms with Gasteiger partial charge in [-0.1, -0.05) is 0 Å². The average molecular weight is 288 g/mol. The van der Waals surface area contributed by atoms with Gasteiger partial charge in [0.2, 0.25) is 5.91 Å². The summed E-state index contributed by atoms with van der Waals surface area (Å²) in [4.78, 5) is 27.5. The molecule has 2 aliphatic rings. The molecular weight excluding hydrogens is 268 g/mol. The van der Waals surface area contributed by atoms with Gasteiger partial charge in [-0.25, -0.2) is 4.79 Å². The number of hydrogen-bond donors (Lipinski definition) is 0. The fraction of sp³-hybridized carbons (Fsp3) is 0.833. The van der Waals surface area contributed by atoms with Crippen molar-refractivity contribution < 1.29 is 19.1 Å². The molecule has 7 heteroatoms. The molecular formula is C12H20N2O4S. The smallest absolute Gasteiger partial charge is 0.412 e. The lowest BCUT2D eigenvalue weighted by molar-refractivity contribution is -0.134. The molecule has 2 aliphatic heterocycles. The highest BCUT2D eigenvalue weighted by Crippen LogP contribution is 2.21. The average Bonchev–Trinajstić information content (AvgIpc) is 2.97. The van der Waals surface area contributed by atoms with Gasteiger partial charge in [0.05, 0.1) is 12.5 Å². The molecule has 2 fully saturated rings. The largest absolute Gasteiger partial charge is 0.444 e. The summed E-state index contributed by atoms with van der Waals surface area (Å²) in [6.07, 6.45) is -0.491. The molecule has 108 valence electrons. The van der Waals surface area contributed by atoms with Crippen LogP contribution in [-0.4, -0.2) is 65.0 Å². The predicted octanol–water partition coefficient (Wildman–Crippen LogP) is 1.11. The van der Waals surface area contributed by atoms with Gasteiger partial charge in [0.15, 0.2) is 0 Å². The van der Waals surface area contributed by atoms with Crippen molar-refractivity contribution in [2.75, 3.05) is 31.5 Å².